The fourth-order valence-electron chi connectivity index (χ4n) is 2.86. The lowest BCUT2D eigenvalue weighted by atomic mass is 9.98. The fourth-order valence-corrected chi connectivity index (χ4v) is 2.86. The minimum atomic E-state index is 0.587. The summed E-state index contributed by atoms with van der Waals surface area (Å²) < 4.78 is 5.59. The van der Waals surface area contributed by atoms with E-state index in [1.807, 2.05) is 0 Å². The number of nitrogens with one attached hydrogen (secondary N) is 1. The van der Waals surface area contributed by atoms with Crippen molar-refractivity contribution in [2.45, 2.75) is 51.6 Å². The minimum Gasteiger partial charge on any atom is -0.380 e. The van der Waals surface area contributed by atoms with Gasteiger partial charge >= 0.3 is 0 Å². The molecule has 1 aliphatic heterocycles. The summed E-state index contributed by atoms with van der Waals surface area (Å²) >= 11 is 0. The summed E-state index contributed by atoms with van der Waals surface area (Å²) in [6.07, 6.45) is 5.55. The Labute approximate surface area is 106 Å². The molecule has 0 bridgehead atoms. The highest BCUT2D eigenvalue weighted by Crippen LogP contribution is 2.30. The van der Waals surface area contributed by atoms with E-state index in [4.69, 9.17) is 4.74 Å². The van der Waals surface area contributed by atoms with Gasteiger partial charge in [0.05, 0.1) is 6.61 Å². The minimum absolute atomic E-state index is 0.587. The van der Waals surface area contributed by atoms with Gasteiger partial charge < -0.3 is 10.1 Å². The van der Waals surface area contributed by atoms with Gasteiger partial charge in [-0.3, -0.25) is 4.90 Å². The van der Waals surface area contributed by atoms with Crippen molar-refractivity contribution in [2.24, 2.45) is 5.92 Å². The molecule has 2 atom stereocenters. The molecule has 2 aliphatic rings. The smallest absolute Gasteiger partial charge is 0.0619 e. The molecule has 3 heteroatoms. The van der Waals surface area contributed by atoms with Crippen molar-refractivity contribution in [3.8, 4) is 0 Å². The number of ether oxygens (including phenoxy) is 1. The maximum atomic E-state index is 5.59. The van der Waals surface area contributed by atoms with Crippen molar-refractivity contribution in [3.05, 3.63) is 0 Å². The van der Waals surface area contributed by atoms with Crippen LogP contribution >= 0.6 is 0 Å². The number of hydrogen-bond donors (Lipinski definition) is 1. The summed E-state index contributed by atoms with van der Waals surface area (Å²) in [5.74, 6) is 0.855. The summed E-state index contributed by atoms with van der Waals surface area (Å²) in [7, 11) is 0. The molecule has 1 saturated heterocycles. The highest BCUT2D eigenvalue weighted by atomic mass is 16.5. The Morgan fingerprint density at radius 2 is 2.18 bits per heavy atom. The quantitative estimate of drug-likeness (QED) is 0.735. The van der Waals surface area contributed by atoms with Crippen molar-refractivity contribution >= 4 is 0 Å². The Hall–Kier alpha value is -0.120. The van der Waals surface area contributed by atoms with E-state index in [0.29, 0.717) is 6.04 Å². The molecule has 0 aromatic rings. The van der Waals surface area contributed by atoms with Crippen LogP contribution in [0.15, 0.2) is 0 Å². The van der Waals surface area contributed by atoms with Gasteiger partial charge in [0.25, 0.3) is 0 Å². The van der Waals surface area contributed by atoms with Crippen LogP contribution in [0.5, 0.6) is 0 Å². The Morgan fingerprint density at radius 1 is 1.35 bits per heavy atom. The second-order valence-corrected chi connectivity index (χ2v) is 5.65. The predicted octanol–water partition coefficient (Wildman–Crippen LogP) is 1.88. The van der Waals surface area contributed by atoms with E-state index in [1.54, 1.807) is 0 Å². The standard InChI is InChI=1S/C14H28N2O/c1-3-17-11-12(2)16(14-6-7-14)10-13-5-4-8-15-9-13/h12-15H,3-11H2,1-2H3. The van der Waals surface area contributed by atoms with Crippen LogP contribution in [0, 0.1) is 5.92 Å². The van der Waals surface area contributed by atoms with Crippen molar-refractivity contribution in [2.75, 3.05) is 32.8 Å². The van der Waals surface area contributed by atoms with Gasteiger partial charge in [0, 0.05) is 25.2 Å². The van der Waals surface area contributed by atoms with E-state index in [0.717, 1.165) is 25.2 Å². The lowest BCUT2D eigenvalue weighted by Crippen LogP contribution is -2.44. The predicted molar refractivity (Wildman–Crippen MR) is 71.3 cm³/mol. The molecule has 0 aromatic carbocycles. The van der Waals surface area contributed by atoms with Gasteiger partial charge in [-0.1, -0.05) is 0 Å². The third-order valence-corrected chi connectivity index (χ3v) is 4.01. The number of piperidine rings is 1. The second-order valence-electron chi connectivity index (χ2n) is 5.65. The third kappa shape index (κ3) is 4.23. The zero-order chi connectivity index (χ0) is 12.1. The lowest BCUT2D eigenvalue weighted by molar-refractivity contribution is 0.0583. The summed E-state index contributed by atoms with van der Waals surface area (Å²) in [5.41, 5.74) is 0. The van der Waals surface area contributed by atoms with E-state index in [9.17, 15) is 0 Å². The second kappa shape index (κ2) is 6.72. The monoisotopic (exact) mass is 240 g/mol. The summed E-state index contributed by atoms with van der Waals surface area (Å²) in [6, 6.07) is 1.44. The van der Waals surface area contributed by atoms with Gasteiger partial charge in [-0.25, -0.2) is 0 Å². The average Bonchev–Trinajstić information content (AvgIpc) is 3.18. The zero-order valence-corrected chi connectivity index (χ0v) is 11.5. The molecule has 2 fully saturated rings. The van der Waals surface area contributed by atoms with Gasteiger partial charge in [0.15, 0.2) is 0 Å². The summed E-state index contributed by atoms with van der Waals surface area (Å²) in [4.78, 5) is 2.70. The molecule has 17 heavy (non-hydrogen) atoms. The number of hydrogen-bond acceptors (Lipinski definition) is 3. The molecule has 1 heterocycles. The van der Waals surface area contributed by atoms with Crippen LogP contribution in [0.2, 0.25) is 0 Å². The van der Waals surface area contributed by atoms with Gasteiger partial charge in [-0.15, -0.1) is 0 Å². The molecule has 2 rings (SSSR count). The molecule has 100 valence electrons. The van der Waals surface area contributed by atoms with Crippen molar-refractivity contribution < 1.29 is 4.74 Å². The van der Waals surface area contributed by atoms with E-state index >= 15 is 0 Å². The molecular formula is C14H28N2O. The molecule has 3 nitrogen and oxygen atoms in total. The molecule has 0 radical (unpaired) electrons. The van der Waals surface area contributed by atoms with Crippen LogP contribution < -0.4 is 5.32 Å². The van der Waals surface area contributed by atoms with Crippen molar-refractivity contribution in [3.63, 3.8) is 0 Å². The maximum absolute atomic E-state index is 5.59. The first-order valence-electron chi connectivity index (χ1n) is 7.35. The Morgan fingerprint density at radius 3 is 2.76 bits per heavy atom. The van der Waals surface area contributed by atoms with Gasteiger partial charge in [0.2, 0.25) is 0 Å². The summed E-state index contributed by atoms with van der Waals surface area (Å²) in [6.45, 7) is 9.84. The van der Waals surface area contributed by atoms with E-state index in [2.05, 4.69) is 24.1 Å². The zero-order valence-electron chi connectivity index (χ0n) is 11.5. The average molecular weight is 240 g/mol. The van der Waals surface area contributed by atoms with Crippen LogP contribution in [-0.4, -0.2) is 49.8 Å². The van der Waals surface area contributed by atoms with E-state index in [1.165, 1.54) is 45.3 Å². The van der Waals surface area contributed by atoms with Crippen LogP contribution in [0.25, 0.3) is 0 Å². The SMILES string of the molecule is CCOCC(C)N(CC1CCCNC1)C1CC1. The molecule has 1 aliphatic carbocycles. The number of rotatable bonds is 7. The first-order chi connectivity index (χ1) is 8.31. The van der Waals surface area contributed by atoms with Crippen molar-refractivity contribution in [1.29, 1.82) is 0 Å². The molecule has 0 spiro atoms. The molecule has 0 amide bonds. The van der Waals surface area contributed by atoms with Gasteiger partial charge in [0.1, 0.15) is 0 Å². The normalized spacial score (nSPS) is 27.4. The fraction of sp³-hybridized carbons (Fsp3) is 1.00. The van der Waals surface area contributed by atoms with Gasteiger partial charge in [-0.2, -0.15) is 0 Å². The van der Waals surface area contributed by atoms with Crippen LogP contribution in [-0.2, 0) is 4.74 Å². The van der Waals surface area contributed by atoms with E-state index in [-0.39, 0.29) is 0 Å². The van der Waals surface area contributed by atoms with Crippen LogP contribution in [0.4, 0.5) is 0 Å². The number of nitrogens with zero attached hydrogens (tertiary/aromatic N) is 1. The largest absolute Gasteiger partial charge is 0.380 e. The van der Waals surface area contributed by atoms with E-state index < -0.39 is 0 Å². The van der Waals surface area contributed by atoms with Crippen LogP contribution in [0.3, 0.4) is 0 Å². The highest BCUT2D eigenvalue weighted by molar-refractivity contribution is 4.89. The molecule has 1 N–H and O–H groups in total. The van der Waals surface area contributed by atoms with Gasteiger partial charge in [-0.05, 0) is 58.5 Å². The van der Waals surface area contributed by atoms with Crippen molar-refractivity contribution in [1.82, 2.24) is 10.2 Å². The Balaban J connectivity index is 1.78. The topological polar surface area (TPSA) is 24.5 Å². The summed E-state index contributed by atoms with van der Waals surface area (Å²) in [5, 5.41) is 3.52. The Bertz CT molecular complexity index is 212. The molecule has 0 aromatic heterocycles. The molecule has 1 saturated carbocycles. The highest BCUT2D eigenvalue weighted by Gasteiger charge is 2.33. The Kier molecular flexibility index (Phi) is 5.26. The lowest BCUT2D eigenvalue weighted by Gasteiger charge is -2.34. The maximum Gasteiger partial charge on any atom is 0.0619 e. The first kappa shape index (κ1) is 13.3. The third-order valence-electron chi connectivity index (χ3n) is 4.01. The molecule has 2 unspecified atom stereocenters. The first-order valence-corrected chi connectivity index (χ1v) is 7.35. The van der Waals surface area contributed by atoms with Crippen LogP contribution in [0.1, 0.15) is 39.5 Å². The molecular weight excluding hydrogens is 212 g/mol.